The molecule has 3 aromatic rings. The highest BCUT2D eigenvalue weighted by Crippen LogP contribution is 2.40. The number of nitrogens with zero attached hydrogens (tertiary/aromatic N) is 4. The van der Waals surface area contributed by atoms with Crippen molar-refractivity contribution in [2.45, 2.75) is 37.8 Å². The van der Waals surface area contributed by atoms with Crippen LogP contribution in [0.1, 0.15) is 37.3 Å². The summed E-state index contributed by atoms with van der Waals surface area (Å²) < 4.78 is 22.0. The third-order valence-electron chi connectivity index (χ3n) is 7.06. The normalized spacial score (nSPS) is 16.0. The molecule has 0 atom stereocenters. The number of ether oxygens (including phenoxy) is 1. The van der Waals surface area contributed by atoms with Crippen molar-refractivity contribution in [2.24, 2.45) is 0 Å². The van der Waals surface area contributed by atoms with Crippen LogP contribution < -0.4 is 20.5 Å². The summed E-state index contributed by atoms with van der Waals surface area (Å²) in [5, 5.41) is 21.6. The first-order valence-electron chi connectivity index (χ1n) is 12.7. The summed E-state index contributed by atoms with van der Waals surface area (Å²) in [6.07, 6.45) is 3.71. The van der Waals surface area contributed by atoms with Crippen LogP contribution in [0.5, 0.6) is 5.75 Å². The second kappa shape index (κ2) is 10.7. The van der Waals surface area contributed by atoms with Crippen molar-refractivity contribution >= 4 is 5.95 Å². The van der Waals surface area contributed by atoms with Gasteiger partial charge >= 0.3 is 0 Å². The molecule has 1 saturated carbocycles. The number of nitriles is 1. The Bertz CT molecular complexity index is 1370. The minimum absolute atomic E-state index is 0.0589. The zero-order chi connectivity index (χ0) is 25.9. The van der Waals surface area contributed by atoms with Gasteiger partial charge in [-0.2, -0.15) is 5.26 Å². The molecule has 0 spiro atoms. The summed E-state index contributed by atoms with van der Waals surface area (Å²) in [5.41, 5.74) is 1.64. The molecule has 0 radical (unpaired) electrons. The number of hydrogen-bond acceptors (Lipinski definition) is 7. The number of aliphatic hydroxyl groups is 1. The standard InChI is InChI=1S/C28H30FN5O3/c1-31-21-10-12-33(13-11-21)28-32-26(19-2-3-20(17-30)24(29)16-19)25(27(36)34(28)22-6-7-22)18-4-8-23(9-5-18)37-15-14-35/h2-5,8-9,16,21-22,31,35H,6-7,10-15H2,1H3. The number of nitrogens with one attached hydrogen (secondary N) is 1. The summed E-state index contributed by atoms with van der Waals surface area (Å²) in [6.45, 7) is 1.60. The first kappa shape index (κ1) is 24.9. The molecule has 37 heavy (non-hydrogen) atoms. The van der Waals surface area contributed by atoms with Crippen molar-refractivity contribution in [3.8, 4) is 34.2 Å². The Labute approximate surface area is 214 Å². The zero-order valence-corrected chi connectivity index (χ0v) is 20.8. The lowest BCUT2D eigenvalue weighted by molar-refractivity contribution is 0.201. The number of aromatic nitrogens is 2. The van der Waals surface area contributed by atoms with E-state index >= 15 is 0 Å². The van der Waals surface area contributed by atoms with E-state index in [0.717, 1.165) is 38.8 Å². The summed E-state index contributed by atoms with van der Waals surface area (Å²) in [4.78, 5) is 21.4. The van der Waals surface area contributed by atoms with Crippen molar-refractivity contribution in [1.29, 1.82) is 5.26 Å². The highest BCUT2D eigenvalue weighted by molar-refractivity contribution is 5.81. The predicted octanol–water partition coefficient (Wildman–Crippen LogP) is 3.48. The van der Waals surface area contributed by atoms with Crippen LogP contribution in [0.3, 0.4) is 0 Å². The molecule has 5 rings (SSSR count). The van der Waals surface area contributed by atoms with Gasteiger partial charge in [0.2, 0.25) is 5.95 Å². The number of aliphatic hydroxyl groups excluding tert-OH is 1. The SMILES string of the molecule is CNC1CCN(c2nc(-c3ccc(C#N)c(F)c3)c(-c3ccc(OCCO)cc3)c(=O)n2C2CC2)CC1. The van der Waals surface area contributed by atoms with E-state index in [1.807, 2.05) is 17.7 Å². The van der Waals surface area contributed by atoms with Gasteiger partial charge in [0.15, 0.2) is 0 Å². The first-order valence-corrected chi connectivity index (χ1v) is 12.7. The van der Waals surface area contributed by atoms with Crippen LogP contribution in [0.2, 0.25) is 0 Å². The molecule has 2 heterocycles. The molecular weight excluding hydrogens is 473 g/mol. The van der Waals surface area contributed by atoms with E-state index in [0.29, 0.717) is 40.1 Å². The van der Waals surface area contributed by atoms with E-state index in [1.165, 1.54) is 12.1 Å². The second-order valence-corrected chi connectivity index (χ2v) is 9.49. The van der Waals surface area contributed by atoms with Crippen LogP contribution in [0.15, 0.2) is 47.3 Å². The van der Waals surface area contributed by atoms with Gasteiger partial charge in [-0.1, -0.05) is 18.2 Å². The van der Waals surface area contributed by atoms with Gasteiger partial charge in [-0.15, -0.1) is 0 Å². The number of piperidine rings is 1. The van der Waals surface area contributed by atoms with Crippen molar-refractivity contribution < 1.29 is 14.2 Å². The first-order chi connectivity index (χ1) is 18.0. The van der Waals surface area contributed by atoms with Gasteiger partial charge < -0.3 is 20.1 Å². The van der Waals surface area contributed by atoms with Crippen LogP contribution in [0.4, 0.5) is 10.3 Å². The van der Waals surface area contributed by atoms with Gasteiger partial charge in [0.05, 0.1) is 23.4 Å². The lowest BCUT2D eigenvalue weighted by Gasteiger charge is -2.34. The molecule has 2 aromatic carbocycles. The molecule has 1 aliphatic carbocycles. The maximum Gasteiger partial charge on any atom is 0.263 e. The van der Waals surface area contributed by atoms with Crippen LogP contribution in [0, 0.1) is 17.1 Å². The van der Waals surface area contributed by atoms with E-state index in [-0.39, 0.29) is 30.4 Å². The van der Waals surface area contributed by atoms with Crippen LogP contribution in [-0.4, -0.2) is 54.1 Å². The molecule has 1 aliphatic heterocycles. The number of rotatable bonds is 8. The van der Waals surface area contributed by atoms with E-state index in [4.69, 9.17) is 14.8 Å². The quantitative estimate of drug-likeness (QED) is 0.485. The fourth-order valence-corrected chi connectivity index (χ4v) is 4.88. The topological polar surface area (TPSA) is 103 Å². The van der Waals surface area contributed by atoms with Gasteiger partial charge in [-0.05, 0) is 62.6 Å². The monoisotopic (exact) mass is 503 g/mol. The highest BCUT2D eigenvalue weighted by Gasteiger charge is 2.33. The molecular formula is C28H30FN5O3. The summed E-state index contributed by atoms with van der Waals surface area (Å²) in [5.74, 6) is 0.542. The summed E-state index contributed by atoms with van der Waals surface area (Å²) in [7, 11) is 1.96. The number of halogens is 1. The fourth-order valence-electron chi connectivity index (χ4n) is 4.88. The second-order valence-electron chi connectivity index (χ2n) is 9.49. The van der Waals surface area contributed by atoms with Gasteiger partial charge in [0, 0.05) is 30.7 Å². The summed E-state index contributed by atoms with van der Waals surface area (Å²) >= 11 is 0. The number of hydrogen-bond donors (Lipinski definition) is 2. The molecule has 2 N–H and O–H groups in total. The van der Waals surface area contributed by atoms with Crippen molar-refractivity contribution in [2.75, 3.05) is 38.3 Å². The Kier molecular flexibility index (Phi) is 7.22. The maximum atomic E-state index is 14.7. The minimum Gasteiger partial charge on any atom is -0.491 e. The smallest absolute Gasteiger partial charge is 0.263 e. The van der Waals surface area contributed by atoms with Crippen molar-refractivity contribution in [3.05, 3.63) is 64.2 Å². The molecule has 2 aliphatic rings. The van der Waals surface area contributed by atoms with E-state index < -0.39 is 5.82 Å². The number of anilines is 1. The molecule has 192 valence electrons. The van der Waals surface area contributed by atoms with Crippen LogP contribution in [0.25, 0.3) is 22.4 Å². The highest BCUT2D eigenvalue weighted by atomic mass is 19.1. The molecule has 2 fully saturated rings. The van der Waals surface area contributed by atoms with Crippen molar-refractivity contribution in [3.63, 3.8) is 0 Å². The van der Waals surface area contributed by atoms with Gasteiger partial charge in [0.25, 0.3) is 5.56 Å². The number of benzene rings is 2. The third kappa shape index (κ3) is 5.08. The molecule has 8 nitrogen and oxygen atoms in total. The average molecular weight is 504 g/mol. The van der Waals surface area contributed by atoms with E-state index in [1.54, 1.807) is 30.3 Å². The molecule has 1 aromatic heterocycles. The van der Waals surface area contributed by atoms with E-state index in [9.17, 15) is 14.4 Å². The Morgan fingerprint density at radius 2 is 1.84 bits per heavy atom. The largest absolute Gasteiger partial charge is 0.491 e. The van der Waals surface area contributed by atoms with E-state index in [2.05, 4.69) is 10.2 Å². The lowest BCUT2D eigenvalue weighted by atomic mass is 9.99. The predicted molar refractivity (Wildman–Crippen MR) is 139 cm³/mol. The van der Waals surface area contributed by atoms with Crippen molar-refractivity contribution in [1.82, 2.24) is 14.9 Å². The molecule has 0 bridgehead atoms. The Balaban J connectivity index is 1.68. The summed E-state index contributed by atoms with van der Waals surface area (Å²) in [6, 6.07) is 13.8. The Morgan fingerprint density at radius 1 is 1.14 bits per heavy atom. The third-order valence-corrected chi connectivity index (χ3v) is 7.06. The van der Waals surface area contributed by atoms with Crippen LogP contribution >= 0.6 is 0 Å². The Hall–Kier alpha value is -3.74. The molecule has 0 unspecified atom stereocenters. The van der Waals surface area contributed by atoms with Gasteiger partial charge in [-0.3, -0.25) is 9.36 Å². The lowest BCUT2D eigenvalue weighted by Crippen LogP contribution is -2.44. The fraction of sp³-hybridized carbons (Fsp3) is 0.393. The van der Waals surface area contributed by atoms with Crippen LogP contribution in [-0.2, 0) is 0 Å². The maximum absolute atomic E-state index is 14.7. The minimum atomic E-state index is -0.650. The molecule has 0 amide bonds. The zero-order valence-electron chi connectivity index (χ0n) is 20.8. The van der Waals surface area contributed by atoms with Gasteiger partial charge in [-0.25, -0.2) is 9.37 Å². The average Bonchev–Trinajstić information content (AvgIpc) is 3.77. The molecule has 9 heteroatoms. The van der Waals surface area contributed by atoms with Gasteiger partial charge in [0.1, 0.15) is 24.2 Å². The molecule has 1 saturated heterocycles. The Morgan fingerprint density at radius 3 is 2.43 bits per heavy atom.